The molecule has 152 valence electrons. The fraction of sp³-hybridized carbons (Fsp3) is 0.429. The minimum atomic E-state index is -0.603. The Morgan fingerprint density at radius 1 is 1.25 bits per heavy atom. The van der Waals surface area contributed by atoms with Gasteiger partial charge in [-0.3, -0.25) is 0 Å². The van der Waals surface area contributed by atoms with Crippen LogP contribution in [0.1, 0.15) is 47.4 Å². The maximum absolute atomic E-state index is 12.6. The summed E-state index contributed by atoms with van der Waals surface area (Å²) in [5.41, 5.74) is 3.00. The van der Waals surface area contributed by atoms with E-state index in [9.17, 15) is 9.90 Å². The molecule has 7 heteroatoms. The molecule has 0 amide bonds. The highest BCUT2D eigenvalue weighted by Gasteiger charge is 2.25. The fourth-order valence-electron chi connectivity index (χ4n) is 3.05. The summed E-state index contributed by atoms with van der Waals surface area (Å²) in [6.45, 7) is 9.21. The maximum Gasteiger partial charge on any atom is 0.345 e. The molecule has 1 aromatic carbocycles. The third-order valence-electron chi connectivity index (χ3n) is 4.49. The maximum atomic E-state index is 12.6. The zero-order valence-corrected chi connectivity index (χ0v) is 17.8. The number of rotatable bonds is 7. The second kappa shape index (κ2) is 9.26. The van der Waals surface area contributed by atoms with Gasteiger partial charge in [0.2, 0.25) is 5.88 Å². The van der Waals surface area contributed by atoms with E-state index < -0.39 is 12.1 Å². The molecule has 1 aromatic heterocycles. The molecule has 0 bridgehead atoms. The number of nitrogens with zero attached hydrogens (tertiary/aromatic N) is 1. The van der Waals surface area contributed by atoms with Crippen molar-refractivity contribution < 1.29 is 19.4 Å². The number of aliphatic hydroxyl groups is 1. The van der Waals surface area contributed by atoms with Gasteiger partial charge in [-0.25, -0.2) is 9.78 Å². The van der Waals surface area contributed by atoms with E-state index in [-0.39, 0.29) is 17.5 Å². The summed E-state index contributed by atoms with van der Waals surface area (Å²) < 4.78 is 11.0. The highest BCUT2D eigenvalue weighted by molar-refractivity contribution is 6.30. The molecule has 0 fully saturated rings. The second-order valence-corrected chi connectivity index (χ2v) is 7.29. The number of hydrogen-bond acceptors (Lipinski definition) is 6. The van der Waals surface area contributed by atoms with E-state index in [1.165, 1.54) is 7.11 Å². The second-order valence-electron chi connectivity index (χ2n) is 6.85. The number of pyridine rings is 1. The molecule has 0 saturated carbocycles. The largest absolute Gasteiger partial charge is 0.465 e. The van der Waals surface area contributed by atoms with Crippen LogP contribution in [0.4, 0.5) is 5.69 Å². The van der Waals surface area contributed by atoms with Gasteiger partial charge in [-0.05, 0) is 63.4 Å². The van der Waals surface area contributed by atoms with E-state index in [1.54, 1.807) is 25.1 Å². The summed E-state index contributed by atoms with van der Waals surface area (Å²) in [7, 11) is 1.31. The van der Waals surface area contributed by atoms with Gasteiger partial charge in [0.1, 0.15) is 11.3 Å². The summed E-state index contributed by atoms with van der Waals surface area (Å²) in [6, 6.07) is 5.08. The van der Waals surface area contributed by atoms with Crippen LogP contribution < -0.4 is 10.1 Å². The first kappa shape index (κ1) is 22.0. The van der Waals surface area contributed by atoms with Crippen molar-refractivity contribution in [2.45, 2.75) is 53.2 Å². The van der Waals surface area contributed by atoms with Crippen LogP contribution in [0.3, 0.4) is 0 Å². The van der Waals surface area contributed by atoms with Crippen LogP contribution in [0.2, 0.25) is 5.02 Å². The zero-order valence-electron chi connectivity index (χ0n) is 17.1. The van der Waals surface area contributed by atoms with Gasteiger partial charge >= 0.3 is 5.97 Å². The summed E-state index contributed by atoms with van der Waals surface area (Å²) in [5, 5.41) is 13.8. The fourth-order valence-corrected chi connectivity index (χ4v) is 3.38. The molecule has 0 spiro atoms. The SMILES string of the molecule is CCC(Nc1cc(C)nc(Oc2c(C)cc(Cl)cc2C)c1C(=O)OC)C(C)O. The molecule has 0 aliphatic carbocycles. The first-order valence-corrected chi connectivity index (χ1v) is 9.54. The van der Waals surface area contributed by atoms with Crippen molar-refractivity contribution in [1.29, 1.82) is 0 Å². The topological polar surface area (TPSA) is 80.7 Å². The van der Waals surface area contributed by atoms with Crippen LogP contribution in [0, 0.1) is 20.8 Å². The third kappa shape index (κ3) is 4.94. The summed E-state index contributed by atoms with van der Waals surface area (Å²) in [5.74, 6) is 0.152. The number of benzene rings is 1. The van der Waals surface area contributed by atoms with Crippen LogP contribution in [-0.4, -0.2) is 35.3 Å². The number of aromatic nitrogens is 1. The summed E-state index contributed by atoms with van der Waals surface area (Å²) >= 11 is 6.10. The molecule has 28 heavy (non-hydrogen) atoms. The molecule has 2 aromatic rings. The Morgan fingerprint density at radius 2 is 1.86 bits per heavy atom. The third-order valence-corrected chi connectivity index (χ3v) is 4.71. The van der Waals surface area contributed by atoms with E-state index in [0.717, 1.165) is 11.1 Å². The number of ether oxygens (including phenoxy) is 2. The molecule has 6 nitrogen and oxygen atoms in total. The quantitative estimate of drug-likeness (QED) is 0.642. The number of nitrogens with one attached hydrogen (secondary N) is 1. The molecule has 0 aliphatic rings. The Balaban J connectivity index is 2.59. The van der Waals surface area contributed by atoms with Crippen LogP contribution in [-0.2, 0) is 4.74 Å². The molecular weight excluding hydrogens is 380 g/mol. The van der Waals surface area contributed by atoms with Gasteiger partial charge in [-0.2, -0.15) is 0 Å². The van der Waals surface area contributed by atoms with E-state index in [4.69, 9.17) is 21.1 Å². The average Bonchev–Trinajstić information content (AvgIpc) is 2.61. The van der Waals surface area contributed by atoms with Crippen LogP contribution in [0.5, 0.6) is 11.6 Å². The minimum absolute atomic E-state index is 0.142. The zero-order chi connectivity index (χ0) is 21.0. The molecule has 2 rings (SSSR count). The molecule has 1 heterocycles. The Hall–Kier alpha value is -2.31. The van der Waals surface area contributed by atoms with Crippen molar-refractivity contribution in [3.05, 3.63) is 45.6 Å². The molecular formula is C21H27ClN2O4. The van der Waals surface area contributed by atoms with Gasteiger partial charge in [-0.15, -0.1) is 0 Å². The number of methoxy groups -OCH3 is 1. The standard InChI is InChI=1S/C21H27ClN2O4/c1-7-16(14(5)25)24-17-10-13(4)23-20(18(17)21(26)27-6)28-19-11(2)8-15(22)9-12(19)3/h8-10,14,16,25H,7H2,1-6H3,(H,23,24). The highest BCUT2D eigenvalue weighted by atomic mass is 35.5. The average molecular weight is 407 g/mol. The lowest BCUT2D eigenvalue weighted by Gasteiger charge is -2.23. The van der Waals surface area contributed by atoms with Gasteiger partial charge in [-0.1, -0.05) is 18.5 Å². The minimum Gasteiger partial charge on any atom is -0.465 e. The van der Waals surface area contributed by atoms with E-state index in [0.29, 0.717) is 28.6 Å². The normalized spacial score (nSPS) is 13.0. The first-order valence-electron chi connectivity index (χ1n) is 9.17. The molecule has 0 radical (unpaired) electrons. The first-order chi connectivity index (χ1) is 13.2. The lowest BCUT2D eigenvalue weighted by atomic mass is 10.1. The number of carbonyl (C=O) groups is 1. The molecule has 0 saturated heterocycles. The lowest BCUT2D eigenvalue weighted by Crippen LogP contribution is -2.31. The van der Waals surface area contributed by atoms with Crippen LogP contribution in [0.15, 0.2) is 18.2 Å². The van der Waals surface area contributed by atoms with Gasteiger partial charge in [0, 0.05) is 10.7 Å². The summed E-state index contributed by atoms with van der Waals surface area (Å²) in [6.07, 6.45) is 0.0692. The Bertz CT molecular complexity index is 845. The predicted octanol–water partition coefficient (Wildman–Crippen LogP) is 4.81. The van der Waals surface area contributed by atoms with Crippen LogP contribution >= 0.6 is 11.6 Å². The van der Waals surface area contributed by atoms with Crippen molar-refractivity contribution in [3.8, 4) is 11.6 Å². The van der Waals surface area contributed by atoms with Gasteiger partial charge in [0.15, 0.2) is 0 Å². The van der Waals surface area contributed by atoms with Crippen molar-refractivity contribution in [2.75, 3.05) is 12.4 Å². The molecule has 2 atom stereocenters. The van der Waals surface area contributed by atoms with E-state index in [1.807, 2.05) is 27.7 Å². The number of anilines is 1. The Labute approximate surface area is 170 Å². The number of aliphatic hydroxyl groups excluding tert-OH is 1. The van der Waals surface area contributed by atoms with Gasteiger partial charge in [0.25, 0.3) is 0 Å². The number of halogens is 1. The number of esters is 1. The Kier molecular flexibility index (Phi) is 7.27. The summed E-state index contributed by atoms with van der Waals surface area (Å²) in [4.78, 5) is 17.0. The highest BCUT2D eigenvalue weighted by Crippen LogP contribution is 2.35. The predicted molar refractivity (Wildman–Crippen MR) is 111 cm³/mol. The number of hydrogen-bond donors (Lipinski definition) is 2. The monoisotopic (exact) mass is 406 g/mol. The van der Waals surface area contributed by atoms with Crippen molar-refractivity contribution in [2.24, 2.45) is 0 Å². The van der Waals surface area contributed by atoms with Gasteiger partial charge < -0.3 is 19.9 Å². The molecule has 2 N–H and O–H groups in total. The van der Waals surface area contributed by atoms with E-state index >= 15 is 0 Å². The smallest absolute Gasteiger partial charge is 0.345 e. The number of aryl methyl sites for hydroxylation is 3. The van der Waals surface area contributed by atoms with Crippen LogP contribution in [0.25, 0.3) is 0 Å². The molecule has 0 aliphatic heterocycles. The number of carbonyl (C=O) groups excluding carboxylic acids is 1. The van der Waals surface area contributed by atoms with Gasteiger partial charge in [0.05, 0.1) is 24.9 Å². The van der Waals surface area contributed by atoms with E-state index in [2.05, 4.69) is 10.3 Å². The molecule has 2 unspecified atom stereocenters. The lowest BCUT2D eigenvalue weighted by molar-refractivity contribution is 0.0597. The van der Waals surface area contributed by atoms with Crippen molar-refractivity contribution in [1.82, 2.24) is 4.98 Å². The Morgan fingerprint density at radius 3 is 2.36 bits per heavy atom. The van der Waals surface area contributed by atoms with Crippen molar-refractivity contribution >= 4 is 23.3 Å². The van der Waals surface area contributed by atoms with Crippen molar-refractivity contribution in [3.63, 3.8) is 0 Å².